The molecule has 0 nitrogen and oxygen atoms in total. The normalized spacial score (nSPS) is 17.2. The molecule has 1 aliphatic rings. The second-order valence-corrected chi connectivity index (χ2v) is 5.25. The van der Waals surface area contributed by atoms with Crippen molar-refractivity contribution in [3.63, 3.8) is 0 Å². The summed E-state index contributed by atoms with van der Waals surface area (Å²) in [6.07, 6.45) is 4.57. The van der Waals surface area contributed by atoms with E-state index >= 15 is 0 Å². The van der Waals surface area contributed by atoms with Gasteiger partial charge in [0.1, 0.15) is 0 Å². The van der Waals surface area contributed by atoms with Gasteiger partial charge in [-0.1, -0.05) is 74.5 Å². The van der Waals surface area contributed by atoms with Gasteiger partial charge in [0, 0.05) is 5.92 Å². The first-order valence-electron chi connectivity index (χ1n) is 6.63. The molecular weight excluding hydrogens is 216 g/mol. The van der Waals surface area contributed by atoms with Gasteiger partial charge in [-0.2, -0.15) is 0 Å². The van der Waals surface area contributed by atoms with E-state index in [0.717, 1.165) is 0 Å². The molecule has 1 unspecified atom stereocenters. The summed E-state index contributed by atoms with van der Waals surface area (Å²) >= 11 is 0. The van der Waals surface area contributed by atoms with Crippen molar-refractivity contribution >= 4 is 6.08 Å². The average molecular weight is 234 g/mol. The number of rotatable bonds is 2. The Bertz CT molecular complexity index is 590. The Labute approximate surface area is 109 Å². The molecule has 1 atom stereocenters. The summed E-state index contributed by atoms with van der Waals surface area (Å²) < 4.78 is 0. The molecule has 0 saturated heterocycles. The van der Waals surface area contributed by atoms with Gasteiger partial charge in [-0.3, -0.25) is 0 Å². The van der Waals surface area contributed by atoms with E-state index in [1.807, 2.05) is 0 Å². The van der Waals surface area contributed by atoms with Crippen LogP contribution in [0, 0.1) is 0 Å². The Kier molecular flexibility index (Phi) is 2.79. The van der Waals surface area contributed by atoms with Crippen molar-refractivity contribution in [2.24, 2.45) is 0 Å². The lowest BCUT2D eigenvalue weighted by Gasteiger charge is -2.18. The Balaban J connectivity index is 2.11. The highest BCUT2D eigenvalue weighted by Gasteiger charge is 2.21. The molecule has 0 aromatic heterocycles. The summed E-state index contributed by atoms with van der Waals surface area (Å²) in [4.78, 5) is 0. The van der Waals surface area contributed by atoms with Crippen LogP contribution in [0.3, 0.4) is 0 Å². The second-order valence-electron chi connectivity index (χ2n) is 5.25. The summed E-state index contributed by atoms with van der Waals surface area (Å²) in [6.45, 7) is 4.53. The van der Waals surface area contributed by atoms with Crippen molar-refractivity contribution in [2.45, 2.75) is 25.7 Å². The smallest absolute Gasteiger partial charge is 0.0281 e. The molecule has 2 aromatic carbocycles. The monoisotopic (exact) mass is 234 g/mol. The van der Waals surface area contributed by atoms with Crippen molar-refractivity contribution in [2.75, 3.05) is 0 Å². The quantitative estimate of drug-likeness (QED) is 0.688. The lowest BCUT2D eigenvalue weighted by atomic mass is 9.86. The molecule has 0 bridgehead atoms. The summed E-state index contributed by atoms with van der Waals surface area (Å²) in [5.74, 6) is 1.00. The molecule has 1 aliphatic carbocycles. The molecule has 2 aromatic rings. The minimum absolute atomic E-state index is 0.430. The molecule has 0 spiro atoms. The van der Waals surface area contributed by atoms with E-state index in [9.17, 15) is 0 Å². The van der Waals surface area contributed by atoms with Gasteiger partial charge in [0.05, 0.1) is 0 Å². The zero-order valence-electron chi connectivity index (χ0n) is 10.9. The Hall–Kier alpha value is -1.82. The largest absolute Gasteiger partial charge is 0.0720 e. The maximum absolute atomic E-state index is 2.33. The minimum Gasteiger partial charge on any atom is -0.0720 e. The molecule has 3 rings (SSSR count). The lowest BCUT2D eigenvalue weighted by Crippen LogP contribution is -2.02. The molecule has 0 radical (unpaired) electrons. The van der Waals surface area contributed by atoms with Crippen LogP contribution in [0.25, 0.3) is 6.08 Å². The molecule has 18 heavy (non-hydrogen) atoms. The topological polar surface area (TPSA) is 0 Å². The second kappa shape index (κ2) is 4.45. The first-order chi connectivity index (χ1) is 8.77. The van der Waals surface area contributed by atoms with Crippen molar-refractivity contribution in [1.82, 2.24) is 0 Å². The molecule has 0 heteroatoms. The maximum Gasteiger partial charge on any atom is 0.0281 e. The Morgan fingerprint density at radius 1 is 0.833 bits per heavy atom. The van der Waals surface area contributed by atoms with Crippen molar-refractivity contribution in [1.29, 1.82) is 0 Å². The summed E-state index contributed by atoms with van der Waals surface area (Å²) in [5.41, 5.74) is 5.71. The minimum atomic E-state index is 0.430. The highest BCUT2D eigenvalue weighted by molar-refractivity contribution is 5.65. The molecule has 0 heterocycles. The zero-order chi connectivity index (χ0) is 12.5. The number of hydrogen-bond acceptors (Lipinski definition) is 0. The fourth-order valence-corrected chi connectivity index (χ4v) is 2.84. The number of fused-ring (bicyclic) bond motifs is 1. The van der Waals surface area contributed by atoms with Crippen LogP contribution >= 0.6 is 0 Å². The zero-order valence-corrected chi connectivity index (χ0v) is 10.9. The average Bonchev–Trinajstić information content (AvgIpc) is 2.82. The van der Waals surface area contributed by atoms with E-state index in [1.54, 1.807) is 0 Å². The first kappa shape index (κ1) is 11.3. The van der Waals surface area contributed by atoms with E-state index in [4.69, 9.17) is 0 Å². The van der Waals surface area contributed by atoms with Gasteiger partial charge in [0.2, 0.25) is 0 Å². The third kappa shape index (κ3) is 1.78. The van der Waals surface area contributed by atoms with Crippen molar-refractivity contribution in [3.8, 4) is 0 Å². The lowest BCUT2D eigenvalue weighted by molar-refractivity contribution is 0.836. The Morgan fingerprint density at radius 3 is 2.28 bits per heavy atom. The van der Waals surface area contributed by atoms with Crippen LogP contribution in [0.5, 0.6) is 0 Å². The van der Waals surface area contributed by atoms with Gasteiger partial charge in [-0.25, -0.2) is 0 Å². The molecule has 0 aliphatic heterocycles. The van der Waals surface area contributed by atoms with Gasteiger partial charge < -0.3 is 0 Å². The first-order valence-corrected chi connectivity index (χ1v) is 6.63. The molecular formula is C18H18. The third-order valence-electron chi connectivity index (χ3n) is 3.75. The van der Waals surface area contributed by atoms with Gasteiger partial charge in [0.15, 0.2) is 0 Å². The van der Waals surface area contributed by atoms with E-state index < -0.39 is 0 Å². The fourth-order valence-electron chi connectivity index (χ4n) is 2.84. The van der Waals surface area contributed by atoms with Crippen LogP contribution in [0.15, 0.2) is 54.6 Å². The van der Waals surface area contributed by atoms with Gasteiger partial charge in [0.25, 0.3) is 0 Å². The van der Waals surface area contributed by atoms with Crippen LogP contribution < -0.4 is 0 Å². The van der Waals surface area contributed by atoms with Gasteiger partial charge >= 0.3 is 0 Å². The van der Waals surface area contributed by atoms with E-state index in [-0.39, 0.29) is 0 Å². The van der Waals surface area contributed by atoms with Crippen LogP contribution in [0.2, 0.25) is 0 Å². The fraction of sp³-hybridized carbons (Fsp3) is 0.222. The highest BCUT2D eigenvalue weighted by Crippen LogP contribution is 2.38. The number of hydrogen-bond donors (Lipinski definition) is 0. The standard InChI is InChI=1S/C18H18/c1-13(2)15-8-5-6-10-17(15)18-12-11-14-7-3-4-9-16(14)18/h3-13,18H,1-2H3. The SMILES string of the molecule is CC(C)c1ccccc1C1C=Cc2ccccc21. The van der Waals surface area contributed by atoms with Gasteiger partial charge in [-0.15, -0.1) is 0 Å². The highest BCUT2D eigenvalue weighted by atomic mass is 14.2. The number of benzene rings is 2. The van der Waals surface area contributed by atoms with Crippen molar-refractivity contribution in [3.05, 3.63) is 76.9 Å². The number of allylic oxidation sites excluding steroid dienone is 1. The Morgan fingerprint density at radius 2 is 1.50 bits per heavy atom. The van der Waals surface area contributed by atoms with E-state index in [0.29, 0.717) is 11.8 Å². The summed E-state index contributed by atoms with van der Waals surface area (Å²) in [7, 11) is 0. The maximum atomic E-state index is 2.33. The predicted octanol–water partition coefficient (Wildman–Crippen LogP) is 4.97. The van der Waals surface area contributed by atoms with E-state index in [1.165, 1.54) is 22.3 Å². The third-order valence-corrected chi connectivity index (χ3v) is 3.75. The molecule has 90 valence electrons. The molecule has 0 N–H and O–H groups in total. The summed E-state index contributed by atoms with van der Waals surface area (Å²) in [6, 6.07) is 17.5. The van der Waals surface area contributed by atoms with Crippen LogP contribution in [-0.4, -0.2) is 0 Å². The molecule has 0 amide bonds. The molecule has 0 saturated carbocycles. The van der Waals surface area contributed by atoms with Gasteiger partial charge in [-0.05, 0) is 28.2 Å². The van der Waals surface area contributed by atoms with Crippen LogP contribution in [0.1, 0.15) is 47.9 Å². The van der Waals surface area contributed by atoms with Crippen molar-refractivity contribution < 1.29 is 0 Å². The predicted molar refractivity (Wildman–Crippen MR) is 77.9 cm³/mol. The summed E-state index contributed by atoms with van der Waals surface area (Å²) in [5, 5.41) is 0. The van der Waals surface area contributed by atoms with E-state index in [2.05, 4.69) is 74.5 Å². The van der Waals surface area contributed by atoms with Crippen LogP contribution in [-0.2, 0) is 0 Å². The molecule has 0 fully saturated rings. The van der Waals surface area contributed by atoms with Crippen LogP contribution in [0.4, 0.5) is 0 Å².